The molecule has 142 valence electrons. The smallest absolute Gasteiger partial charge is 0.190 e. The molecule has 4 nitrogen and oxygen atoms in total. The molecule has 27 heavy (non-hydrogen) atoms. The van der Waals surface area contributed by atoms with Crippen molar-refractivity contribution >= 4 is 39.1 Å². The summed E-state index contributed by atoms with van der Waals surface area (Å²) < 4.78 is 6.02. The largest absolute Gasteiger partial charge is 0.370 e. The maximum absolute atomic E-state index is 6.02. The third kappa shape index (κ3) is 4.13. The van der Waals surface area contributed by atoms with Crippen molar-refractivity contribution < 1.29 is 4.74 Å². The minimum absolute atomic E-state index is 0.146. The summed E-state index contributed by atoms with van der Waals surface area (Å²) in [5.41, 5.74) is 2.46. The van der Waals surface area contributed by atoms with E-state index in [4.69, 9.17) is 14.7 Å². The van der Waals surface area contributed by atoms with Gasteiger partial charge in [-0.2, -0.15) is 0 Å². The Labute approximate surface area is 168 Å². The van der Waals surface area contributed by atoms with Crippen LogP contribution in [-0.4, -0.2) is 21.3 Å². The standard InChI is InChI=1S/C21H25N3OS2/c1-4-10-26-20-23-18(22-12-14-8-6-5-7-9-14)17-15-11-21(2,3)25-13-16(15)27-19(17)24-20/h5-9H,4,10-13H2,1-3H3,(H,22,23,24). The van der Waals surface area contributed by atoms with Crippen LogP contribution < -0.4 is 5.32 Å². The number of thioether (sulfide) groups is 1. The first-order valence-electron chi connectivity index (χ1n) is 9.42. The molecule has 0 amide bonds. The summed E-state index contributed by atoms with van der Waals surface area (Å²) >= 11 is 3.48. The van der Waals surface area contributed by atoms with Gasteiger partial charge in [-0.3, -0.25) is 0 Å². The maximum atomic E-state index is 6.02. The topological polar surface area (TPSA) is 47.0 Å². The molecule has 0 fully saturated rings. The van der Waals surface area contributed by atoms with Crippen LogP contribution in [0.15, 0.2) is 35.5 Å². The maximum Gasteiger partial charge on any atom is 0.190 e. The van der Waals surface area contributed by atoms with E-state index < -0.39 is 0 Å². The Morgan fingerprint density at radius 2 is 2.04 bits per heavy atom. The number of benzene rings is 1. The molecule has 1 aliphatic rings. The van der Waals surface area contributed by atoms with E-state index in [0.29, 0.717) is 6.61 Å². The number of aromatic nitrogens is 2. The van der Waals surface area contributed by atoms with Crippen LogP contribution in [0.5, 0.6) is 0 Å². The molecule has 0 radical (unpaired) electrons. The first-order chi connectivity index (χ1) is 13.1. The number of hydrogen-bond acceptors (Lipinski definition) is 6. The lowest BCUT2D eigenvalue weighted by Gasteiger charge is -2.30. The molecule has 0 atom stereocenters. The zero-order valence-electron chi connectivity index (χ0n) is 16.0. The van der Waals surface area contributed by atoms with Crippen molar-refractivity contribution in [3.05, 3.63) is 46.3 Å². The van der Waals surface area contributed by atoms with Crippen LogP contribution >= 0.6 is 23.1 Å². The fraction of sp³-hybridized carbons (Fsp3) is 0.429. The average Bonchev–Trinajstić information content (AvgIpc) is 3.02. The molecule has 3 heterocycles. The SMILES string of the molecule is CCCSc1nc(NCc2ccccc2)c2c3c(sc2n1)COC(C)(C)C3. The highest BCUT2D eigenvalue weighted by Gasteiger charge is 2.31. The Morgan fingerprint density at radius 1 is 1.22 bits per heavy atom. The predicted molar refractivity (Wildman–Crippen MR) is 115 cm³/mol. The highest BCUT2D eigenvalue weighted by molar-refractivity contribution is 7.99. The van der Waals surface area contributed by atoms with Gasteiger partial charge in [0.25, 0.3) is 0 Å². The van der Waals surface area contributed by atoms with E-state index in [1.165, 1.54) is 21.4 Å². The third-order valence-corrected chi connectivity index (χ3v) is 6.80. The molecule has 3 aromatic rings. The number of thiophene rings is 1. The highest BCUT2D eigenvalue weighted by atomic mass is 32.2. The van der Waals surface area contributed by atoms with Gasteiger partial charge in [0.2, 0.25) is 0 Å². The number of nitrogens with one attached hydrogen (secondary N) is 1. The number of ether oxygens (including phenoxy) is 1. The number of nitrogens with zero attached hydrogens (tertiary/aromatic N) is 2. The summed E-state index contributed by atoms with van der Waals surface area (Å²) in [6.07, 6.45) is 2.01. The van der Waals surface area contributed by atoms with Gasteiger partial charge in [-0.05, 0) is 31.4 Å². The second-order valence-electron chi connectivity index (χ2n) is 7.45. The zero-order valence-corrected chi connectivity index (χ0v) is 17.7. The van der Waals surface area contributed by atoms with Gasteiger partial charge in [-0.1, -0.05) is 49.0 Å². The van der Waals surface area contributed by atoms with E-state index >= 15 is 0 Å². The number of hydrogen-bond donors (Lipinski definition) is 1. The van der Waals surface area contributed by atoms with Crippen LogP contribution in [0.25, 0.3) is 10.2 Å². The summed E-state index contributed by atoms with van der Waals surface area (Å²) in [5, 5.41) is 5.63. The van der Waals surface area contributed by atoms with Crippen LogP contribution in [0.3, 0.4) is 0 Å². The summed E-state index contributed by atoms with van der Waals surface area (Å²) in [6.45, 7) is 7.92. The van der Waals surface area contributed by atoms with Crippen molar-refractivity contribution in [3.8, 4) is 0 Å². The third-order valence-electron chi connectivity index (χ3n) is 4.65. The van der Waals surface area contributed by atoms with Gasteiger partial charge in [0.15, 0.2) is 5.16 Å². The normalized spacial score (nSPS) is 15.7. The van der Waals surface area contributed by atoms with Crippen LogP contribution in [0.4, 0.5) is 5.82 Å². The Bertz CT molecular complexity index is 937. The Morgan fingerprint density at radius 3 is 2.81 bits per heavy atom. The summed E-state index contributed by atoms with van der Waals surface area (Å²) in [4.78, 5) is 12.1. The molecule has 1 aliphatic heterocycles. The predicted octanol–water partition coefficient (Wildman–Crippen LogP) is 5.66. The first-order valence-corrected chi connectivity index (χ1v) is 11.2. The van der Waals surface area contributed by atoms with Crippen molar-refractivity contribution in [3.63, 3.8) is 0 Å². The lowest BCUT2D eigenvalue weighted by Crippen LogP contribution is -2.31. The molecule has 1 N–H and O–H groups in total. The highest BCUT2D eigenvalue weighted by Crippen LogP contribution is 2.41. The average molecular weight is 400 g/mol. The van der Waals surface area contributed by atoms with Crippen molar-refractivity contribution in [2.45, 2.75) is 57.5 Å². The van der Waals surface area contributed by atoms with E-state index in [-0.39, 0.29) is 5.60 Å². The van der Waals surface area contributed by atoms with Gasteiger partial charge in [0, 0.05) is 23.6 Å². The summed E-state index contributed by atoms with van der Waals surface area (Å²) in [5.74, 6) is 1.99. The zero-order chi connectivity index (χ0) is 18.9. The lowest BCUT2D eigenvalue weighted by atomic mass is 9.94. The quantitative estimate of drug-likeness (QED) is 0.428. The van der Waals surface area contributed by atoms with Crippen LogP contribution in [0.2, 0.25) is 0 Å². The second kappa shape index (κ2) is 7.78. The van der Waals surface area contributed by atoms with Gasteiger partial charge in [0.1, 0.15) is 10.6 Å². The van der Waals surface area contributed by atoms with E-state index in [1.807, 2.05) is 6.07 Å². The molecule has 0 saturated carbocycles. The lowest BCUT2D eigenvalue weighted by molar-refractivity contribution is -0.0379. The molecule has 4 rings (SSSR count). The van der Waals surface area contributed by atoms with Crippen molar-refractivity contribution in [2.24, 2.45) is 0 Å². The molecule has 6 heteroatoms. The minimum atomic E-state index is -0.146. The first kappa shape index (κ1) is 18.7. The van der Waals surface area contributed by atoms with Crippen molar-refractivity contribution in [2.75, 3.05) is 11.1 Å². The molecular weight excluding hydrogens is 374 g/mol. The van der Waals surface area contributed by atoms with E-state index in [1.54, 1.807) is 23.1 Å². The number of anilines is 1. The molecule has 0 saturated heterocycles. The molecule has 2 aromatic heterocycles. The molecular formula is C21H25N3OS2. The Balaban J connectivity index is 1.74. The number of rotatable bonds is 6. The van der Waals surface area contributed by atoms with Gasteiger partial charge >= 0.3 is 0 Å². The molecule has 1 aromatic carbocycles. The summed E-state index contributed by atoms with van der Waals surface area (Å²) in [7, 11) is 0. The van der Waals surface area contributed by atoms with Crippen molar-refractivity contribution in [1.29, 1.82) is 0 Å². The van der Waals surface area contributed by atoms with E-state index in [0.717, 1.165) is 40.9 Å². The molecule has 0 spiro atoms. The Hall–Kier alpha value is -1.63. The van der Waals surface area contributed by atoms with E-state index in [2.05, 4.69) is 50.4 Å². The minimum Gasteiger partial charge on any atom is -0.370 e. The fourth-order valence-corrected chi connectivity index (χ4v) is 5.15. The Kier molecular flexibility index (Phi) is 5.39. The van der Waals surface area contributed by atoms with Gasteiger partial charge in [0.05, 0.1) is 17.6 Å². The molecule has 0 bridgehead atoms. The van der Waals surface area contributed by atoms with Gasteiger partial charge < -0.3 is 10.1 Å². The number of fused-ring (bicyclic) bond motifs is 3. The fourth-order valence-electron chi connectivity index (χ4n) is 3.29. The monoisotopic (exact) mass is 399 g/mol. The van der Waals surface area contributed by atoms with Crippen LogP contribution in [-0.2, 0) is 24.3 Å². The van der Waals surface area contributed by atoms with Crippen LogP contribution in [0, 0.1) is 0 Å². The van der Waals surface area contributed by atoms with Crippen LogP contribution in [0.1, 0.15) is 43.2 Å². The second-order valence-corrected chi connectivity index (χ2v) is 9.60. The summed E-state index contributed by atoms with van der Waals surface area (Å²) in [6, 6.07) is 10.5. The molecule has 0 aliphatic carbocycles. The molecule has 0 unspecified atom stereocenters. The van der Waals surface area contributed by atoms with E-state index in [9.17, 15) is 0 Å². The van der Waals surface area contributed by atoms with Gasteiger partial charge in [-0.25, -0.2) is 9.97 Å². The van der Waals surface area contributed by atoms with Crippen molar-refractivity contribution in [1.82, 2.24) is 9.97 Å². The van der Waals surface area contributed by atoms with Gasteiger partial charge in [-0.15, -0.1) is 11.3 Å².